The van der Waals surface area contributed by atoms with Gasteiger partial charge in [0.05, 0.1) is 17.1 Å². The van der Waals surface area contributed by atoms with Crippen molar-refractivity contribution in [3.63, 3.8) is 0 Å². The molecule has 2 aromatic carbocycles. The number of nitrogens with zero attached hydrogens (tertiary/aromatic N) is 5. The van der Waals surface area contributed by atoms with Crippen molar-refractivity contribution in [2.24, 2.45) is 7.05 Å². The quantitative estimate of drug-likeness (QED) is 0.485. The van der Waals surface area contributed by atoms with Crippen LogP contribution in [0.2, 0.25) is 0 Å². The van der Waals surface area contributed by atoms with Crippen molar-refractivity contribution in [3.05, 3.63) is 71.4 Å². The second kappa shape index (κ2) is 6.83. The second-order valence-corrected chi connectivity index (χ2v) is 7.40. The van der Waals surface area contributed by atoms with E-state index in [1.54, 1.807) is 24.0 Å². The lowest BCUT2D eigenvalue weighted by molar-refractivity contribution is -0.137. The minimum atomic E-state index is -4.42. The molecule has 0 aliphatic carbocycles. The zero-order valence-corrected chi connectivity index (χ0v) is 16.2. The molecule has 2 aromatic heterocycles. The lowest BCUT2D eigenvalue weighted by Crippen LogP contribution is -2.31. The smallest absolute Gasteiger partial charge is 0.351 e. The van der Waals surface area contributed by atoms with Crippen molar-refractivity contribution in [3.8, 4) is 11.4 Å². The van der Waals surface area contributed by atoms with E-state index in [0.29, 0.717) is 23.6 Å². The van der Waals surface area contributed by atoms with E-state index in [-0.39, 0.29) is 5.82 Å². The summed E-state index contributed by atoms with van der Waals surface area (Å²) in [4.78, 5) is 11.4. The summed E-state index contributed by atoms with van der Waals surface area (Å²) in [7, 11) is 1.76. The van der Waals surface area contributed by atoms with E-state index < -0.39 is 11.7 Å². The van der Waals surface area contributed by atoms with Crippen LogP contribution < -0.4 is 4.90 Å². The molecule has 5 rings (SSSR count). The number of anilines is 1. The van der Waals surface area contributed by atoms with Gasteiger partial charge < -0.3 is 4.90 Å². The summed E-state index contributed by atoms with van der Waals surface area (Å²) in [5, 5.41) is 5.08. The van der Waals surface area contributed by atoms with Crippen LogP contribution in [0.1, 0.15) is 16.7 Å². The summed E-state index contributed by atoms with van der Waals surface area (Å²) in [5.74, 6) is 0.945. The largest absolute Gasteiger partial charge is 0.416 e. The van der Waals surface area contributed by atoms with Gasteiger partial charge in [-0.1, -0.05) is 36.4 Å². The fourth-order valence-electron chi connectivity index (χ4n) is 3.89. The fraction of sp³-hybridized carbons (Fsp3) is 0.227. The normalized spacial score (nSPS) is 14.2. The number of benzene rings is 2. The van der Waals surface area contributed by atoms with Crippen molar-refractivity contribution in [1.82, 2.24) is 19.7 Å². The first-order valence-electron chi connectivity index (χ1n) is 9.59. The molecule has 0 saturated heterocycles. The highest BCUT2D eigenvalue weighted by Crippen LogP contribution is 2.34. The molecule has 0 amide bonds. The van der Waals surface area contributed by atoms with Gasteiger partial charge in [0.25, 0.3) is 0 Å². The van der Waals surface area contributed by atoms with Crippen molar-refractivity contribution in [2.75, 3.05) is 11.4 Å². The molecular formula is C22H18F3N5. The third-order valence-electron chi connectivity index (χ3n) is 5.45. The van der Waals surface area contributed by atoms with E-state index >= 15 is 0 Å². The summed E-state index contributed by atoms with van der Waals surface area (Å²) in [6, 6.07) is 13.4. The molecule has 0 N–H and O–H groups in total. The van der Waals surface area contributed by atoms with Gasteiger partial charge in [-0.05, 0) is 29.7 Å². The summed E-state index contributed by atoms with van der Waals surface area (Å²) in [5.41, 5.74) is 2.73. The molecule has 0 unspecified atom stereocenters. The lowest BCUT2D eigenvalue weighted by atomic mass is 10.00. The molecule has 8 heteroatoms. The Bertz CT molecular complexity index is 1250. The highest BCUT2D eigenvalue weighted by atomic mass is 19.4. The molecule has 152 valence electrons. The van der Waals surface area contributed by atoms with Crippen LogP contribution in [0.15, 0.2) is 54.7 Å². The molecule has 0 saturated carbocycles. The fourth-order valence-corrected chi connectivity index (χ4v) is 3.89. The van der Waals surface area contributed by atoms with E-state index in [1.165, 1.54) is 17.2 Å². The van der Waals surface area contributed by atoms with Crippen LogP contribution in [0, 0.1) is 0 Å². The first-order chi connectivity index (χ1) is 14.4. The van der Waals surface area contributed by atoms with E-state index in [1.807, 2.05) is 12.1 Å². The van der Waals surface area contributed by atoms with Crippen molar-refractivity contribution in [1.29, 1.82) is 0 Å². The molecular weight excluding hydrogens is 391 g/mol. The van der Waals surface area contributed by atoms with Crippen LogP contribution in [0.4, 0.5) is 19.0 Å². The number of halogens is 3. The topological polar surface area (TPSA) is 46.8 Å². The Hall–Kier alpha value is -3.42. The highest BCUT2D eigenvalue weighted by molar-refractivity contribution is 5.88. The van der Waals surface area contributed by atoms with E-state index in [9.17, 15) is 13.2 Å². The second-order valence-electron chi connectivity index (χ2n) is 7.40. The number of aromatic nitrogens is 4. The predicted molar refractivity (Wildman–Crippen MR) is 108 cm³/mol. The summed E-state index contributed by atoms with van der Waals surface area (Å²) < 4.78 is 41.2. The molecule has 5 nitrogen and oxygen atoms in total. The van der Waals surface area contributed by atoms with Crippen molar-refractivity contribution >= 4 is 16.9 Å². The molecule has 0 bridgehead atoms. The summed E-state index contributed by atoms with van der Waals surface area (Å²) in [6.07, 6.45) is -1.84. The van der Waals surface area contributed by atoms with E-state index in [4.69, 9.17) is 4.98 Å². The molecule has 1 aliphatic rings. The van der Waals surface area contributed by atoms with Crippen molar-refractivity contribution in [2.45, 2.75) is 19.1 Å². The third-order valence-corrected chi connectivity index (χ3v) is 5.45. The monoisotopic (exact) mass is 409 g/mol. The minimum Gasteiger partial charge on any atom is -0.351 e. The van der Waals surface area contributed by atoms with Gasteiger partial charge in [0, 0.05) is 25.7 Å². The van der Waals surface area contributed by atoms with Gasteiger partial charge in [0.15, 0.2) is 11.5 Å². The average molecular weight is 409 g/mol. The number of hydrogen-bond acceptors (Lipinski definition) is 4. The Labute approximate surface area is 170 Å². The van der Waals surface area contributed by atoms with E-state index in [2.05, 4.69) is 27.1 Å². The Balaban J connectivity index is 1.64. The predicted octanol–water partition coefficient (Wildman–Crippen LogP) is 4.61. The first-order valence-corrected chi connectivity index (χ1v) is 9.59. The SMILES string of the molecule is Cn1ncc2c(N3CCc4ccccc4C3)nc(-c3cccc(C(F)(F)F)c3)nc21. The average Bonchev–Trinajstić information content (AvgIpc) is 3.13. The summed E-state index contributed by atoms with van der Waals surface area (Å²) in [6.45, 7) is 1.44. The molecule has 4 aromatic rings. The van der Waals surface area contributed by atoms with Crippen LogP contribution in [0.5, 0.6) is 0 Å². The highest BCUT2D eigenvalue weighted by Gasteiger charge is 2.31. The molecule has 30 heavy (non-hydrogen) atoms. The van der Waals surface area contributed by atoms with Crippen molar-refractivity contribution < 1.29 is 13.2 Å². The van der Waals surface area contributed by atoms with Crippen LogP contribution in [0.25, 0.3) is 22.4 Å². The number of fused-ring (bicyclic) bond motifs is 2. The minimum absolute atomic E-state index is 0.256. The maximum atomic E-state index is 13.2. The number of rotatable bonds is 2. The number of aryl methyl sites for hydroxylation is 1. The lowest BCUT2D eigenvalue weighted by Gasteiger charge is -2.30. The van der Waals surface area contributed by atoms with Crippen LogP contribution in [-0.4, -0.2) is 26.3 Å². The Kier molecular flexibility index (Phi) is 4.23. The first kappa shape index (κ1) is 18.6. The van der Waals surface area contributed by atoms with Gasteiger partial charge in [0.2, 0.25) is 0 Å². The Morgan fingerprint density at radius 2 is 1.77 bits per heavy atom. The van der Waals surface area contributed by atoms with Gasteiger partial charge in [0.1, 0.15) is 5.82 Å². The summed E-state index contributed by atoms with van der Waals surface area (Å²) >= 11 is 0. The molecule has 3 heterocycles. The van der Waals surface area contributed by atoms with Gasteiger partial charge in [-0.25, -0.2) is 9.97 Å². The number of hydrogen-bond donors (Lipinski definition) is 0. The Morgan fingerprint density at radius 1 is 0.967 bits per heavy atom. The van der Waals surface area contributed by atoms with Gasteiger partial charge in [-0.15, -0.1) is 0 Å². The molecule has 0 radical (unpaired) electrons. The Morgan fingerprint density at radius 3 is 2.57 bits per heavy atom. The van der Waals surface area contributed by atoms with Crippen LogP contribution in [0.3, 0.4) is 0 Å². The van der Waals surface area contributed by atoms with Gasteiger partial charge in [-0.2, -0.15) is 18.3 Å². The molecule has 0 fully saturated rings. The standard InChI is InChI=1S/C22H18F3N5/c1-29-20-18(12-26-29)21(30-10-9-14-5-2-3-6-16(14)13-30)28-19(27-20)15-7-4-8-17(11-15)22(23,24)25/h2-8,11-12H,9-10,13H2,1H3. The van der Waals surface area contributed by atoms with E-state index in [0.717, 1.165) is 30.5 Å². The van der Waals surface area contributed by atoms with Crippen LogP contribution >= 0.6 is 0 Å². The number of alkyl halides is 3. The zero-order chi connectivity index (χ0) is 20.9. The molecule has 0 spiro atoms. The zero-order valence-electron chi connectivity index (χ0n) is 16.2. The molecule has 0 atom stereocenters. The maximum Gasteiger partial charge on any atom is 0.416 e. The molecule has 1 aliphatic heterocycles. The maximum absolute atomic E-state index is 13.2. The third kappa shape index (κ3) is 3.18. The van der Waals surface area contributed by atoms with Gasteiger partial charge in [-0.3, -0.25) is 4.68 Å². The van der Waals surface area contributed by atoms with Gasteiger partial charge >= 0.3 is 6.18 Å². The van der Waals surface area contributed by atoms with Crippen LogP contribution in [-0.2, 0) is 26.2 Å².